The maximum absolute atomic E-state index is 13.0. The molecule has 2 amide bonds. The minimum atomic E-state index is -1.08. The molecule has 0 atom stereocenters. The molecular weight excluding hydrogens is 470 g/mol. The molecule has 3 heterocycles. The molecule has 2 aromatic heterocycles. The van der Waals surface area contributed by atoms with Crippen molar-refractivity contribution in [1.29, 1.82) is 0 Å². The molecule has 1 aliphatic heterocycles. The van der Waals surface area contributed by atoms with Gasteiger partial charge in [-0.15, -0.1) is 0 Å². The molecule has 37 heavy (non-hydrogen) atoms. The summed E-state index contributed by atoms with van der Waals surface area (Å²) in [7, 11) is 0. The Balaban J connectivity index is 1.69. The van der Waals surface area contributed by atoms with Gasteiger partial charge in [0.15, 0.2) is 0 Å². The molecule has 0 saturated heterocycles. The van der Waals surface area contributed by atoms with E-state index in [0.29, 0.717) is 45.8 Å². The minimum Gasteiger partial charge on any atom is -0.478 e. The molecule has 4 N–H and O–H groups in total. The lowest BCUT2D eigenvalue weighted by Crippen LogP contribution is -2.35. The van der Waals surface area contributed by atoms with Gasteiger partial charge < -0.3 is 25.6 Å². The number of carbonyl (C=O) groups is 3. The number of hydrogen-bond donors (Lipinski definition) is 4. The van der Waals surface area contributed by atoms with E-state index in [4.69, 9.17) is 0 Å². The van der Waals surface area contributed by atoms with Gasteiger partial charge in [-0.2, -0.15) is 0 Å². The molecule has 1 aromatic carbocycles. The van der Waals surface area contributed by atoms with Crippen molar-refractivity contribution in [3.8, 4) is 11.1 Å². The number of carboxylic acids is 1. The number of carbonyl (C=O) groups excluding carboxylic acids is 2. The smallest absolute Gasteiger partial charge is 0.337 e. The summed E-state index contributed by atoms with van der Waals surface area (Å²) in [5.41, 5.74) is 5.75. The Kier molecular flexibility index (Phi) is 7.54. The molecule has 0 unspecified atom stereocenters. The second-order valence-corrected chi connectivity index (χ2v) is 8.95. The van der Waals surface area contributed by atoms with Gasteiger partial charge in [0.2, 0.25) is 0 Å². The largest absolute Gasteiger partial charge is 0.478 e. The molecule has 0 bridgehead atoms. The van der Waals surface area contributed by atoms with Crippen molar-refractivity contribution in [3.05, 3.63) is 70.3 Å². The SMILES string of the molecule is CCN(CC)CCNC(=O)c1c(C)[nH]c(C=C2C(=O)Nc3cccc(-c4cncc(C(=O)O)c4)c32)c1C. The van der Waals surface area contributed by atoms with Crippen LogP contribution in [-0.2, 0) is 4.79 Å². The molecule has 0 radical (unpaired) electrons. The molecule has 4 rings (SSSR count). The zero-order valence-corrected chi connectivity index (χ0v) is 21.4. The quantitative estimate of drug-likeness (QED) is 0.329. The first kappa shape index (κ1) is 25.8. The highest BCUT2D eigenvalue weighted by molar-refractivity contribution is 6.36. The predicted molar refractivity (Wildman–Crippen MR) is 144 cm³/mol. The number of aromatic carboxylic acids is 1. The average molecular weight is 502 g/mol. The number of aromatic amines is 1. The van der Waals surface area contributed by atoms with Crippen LogP contribution in [0.4, 0.5) is 5.69 Å². The number of anilines is 1. The van der Waals surface area contributed by atoms with Crippen LogP contribution in [0.5, 0.6) is 0 Å². The van der Waals surface area contributed by atoms with Crippen molar-refractivity contribution in [3.63, 3.8) is 0 Å². The van der Waals surface area contributed by atoms with E-state index in [2.05, 4.69) is 39.3 Å². The maximum Gasteiger partial charge on any atom is 0.337 e. The molecule has 192 valence electrons. The zero-order valence-electron chi connectivity index (χ0n) is 21.4. The molecule has 0 saturated carbocycles. The standard InChI is InChI=1S/C28H31N5O4/c1-5-33(6-2)11-10-30-27(35)24-16(3)23(31-17(24)4)13-21-25-20(8-7-9-22(25)32-26(21)34)18-12-19(28(36)37)15-29-14-18/h7-9,12-15,31H,5-6,10-11H2,1-4H3,(H,30,35)(H,32,34)(H,36,37). The van der Waals surface area contributed by atoms with Crippen molar-refractivity contribution in [2.24, 2.45) is 0 Å². The lowest BCUT2D eigenvalue weighted by molar-refractivity contribution is -0.110. The van der Waals surface area contributed by atoms with Crippen LogP contribution in [-0.4, -0.2) is 63.9 Å². The molecule has 0 aliphatic carbocycles. The van der Waals surface area contributed by atoms with Crippen LogP contribution in [0.3, 0.4) is 0 Å². The maximum atomic E-state index is 13.0. The van der Waals surface area contributed by atoms with E-state index in [-0.39, 0.29) is 17.4 Å². The number of nitrogens with zero attached hydrogens (tertiary/aromatic N) is 2. The molecule has 9 nitrogen and oxygen atoms in total. The van der Waals surface area contributed by atoms with Gasteiger partial charge in [-0.1, -0.05) is 26.0 Å². The number of aromatic nitrogens is 2. The number of amides is 2. The van der Waals surface area contributed by atoms with Gasteiger partial charge in [0, 0.05) is 53.7 Å². The van der Waals surface area contributed by atoms with Gasteiger partial charge in [0.1, 0.15) is 0 Å². The fourth-order valence-corrected chi connectivity index (χ4v) is 4.69. The van der Waals surface area contributed by atoms with Gasteiger partial charge in [0.25, 0.3) is 11.8 Å². The Hall–Kier alpha value is -4.24. The number of nitrogens with one attached hydrogen (secondary N) is 3. The average Bonchev–Trinajstić information content (AvgIpc) is 3.36. The summed E-state index contributed by atoms with van der Waals surface area (Å²) < 4.78 is 0. The highest BCUT2D eigenvalue weighted by Gasteiger charge is 2.28. The summed E-state index contributed by atoms with van der Waals surface area (Å²) in [5.74, 6) is -1.51. The first-order valence-corrected chi connectivity index (χ1v) is 12.3. The van der Waals surface area contributed by atoms with Gasteiger partial charge in [-0.05, 0) is 56.3 Å². The van der Waals surface area contributed by atoms with Crippen LogP contribution in [0.25, 0.3) is 22.8 Å². The minimum absolute atomic E-state index is 0.0606. The van der Waals surface area contributed by atoms with Crippen molar-refractivity contribution >= 4 is 35.1 Å². The zero-order chi connectivity index (χ0) is 26.7. The topological polar surface area (TPSA) is 127 Å². The normalized spacial score (nSPS) is 13.6. The molecule has 0 fully saturated rings. The number of benzene rings is 1. The van der Waals surface area contributed by atoms with E-state index in [0.717, 1.165) is 30.9 Å². The van der Waals surface area contributed by atoms with Gasteiger partial charge in [-0.25, -0.2) is 4.79 Å². The van der Waals surface area contributed by atoms with Crippen LogP contribution >= 0.6 is 0 Å². The lowest BCUT2D eigenvalue weighted by Gasteiger charge is -2.18. The third-order valence-corrected chi connectivity index (χ3v) is 6.72. The summed E-state index contributed by atoms with van der Waals surface area (Å²) in [6.07, 6.45) is 4.61. The number of fused-ring (bicyclic) bond motifs is 1. The van der Waals surface area contributed by atoms with Crippen molar-refractivity contribution in [2.75, 3.05) is 31.5 Å². The number of hydrogen-bond acceptors (Lipinski definition) is 5. The fraction of sp³-hybridized carbons (Fsp3) is 0.286. The number of pyridine rings is 1. The number of H-pyrrole nitrogens is 1. The van der Waals surface area contributed by atoms with Crippen LogP contribution in [0.2, 0.25) is 0 Å². The second kappa shape index (κ2) is 10.8. The van der Waals surface area contributed by atoms with Crippen LogP contribution < -0.4 is 10.6 Å². The molecule has 0 spiro atoms. The first-order chi connectivity index (χ1) is 17.7. The van der Waals surface area contributed by atoms with E-state index in [1.165, 1.54) is 12.3 Å². The second-order valence-electron chi connectivity index (χ2n) is 8.95. The van der Waals surface area contributed by atoms with E-state index >= 15 is 0 Å². The van der Waals surface area contributed by atoms with Crippen LogP contribution in [0.15, 0.2) is 36.7 Å². The van der Waals surface area contributed by atoms with Crippen LogP contribution in [0, 0.1) is 13.8 Å². The van der Waals surface area contributed by atoms with Gasteiger partial charge >= 0.3 is 5.97 Å². The molecule has 9 heteroatoms. The summed E-state index contributed by atoms with van der Waals surface area (Å²) in [6.45, 7) is 11.0. The Morgan fingerprint density at radius 2 is 1.92 bits per heavy atom. The van der Waals surface area contributed by atoms with E-state index in [9.17, 15) is 19.5 Å². The number of aryl methyl sites for hydroxylation is 1. The third-order valence-electron chi connectivity index (χ3n) is 6.72. The molecule has 1 aliphatic rings. The first-order valence-electron chi connectivity index (χ1n) is 12.3. The van der Waals surface area contributed by atoms with Gasteiger partial charge in [-0.3, -0.25) is 14.6 Å². The lowest BCUT2D eigenvalue weighted by atomic mass is 9.94. The predicted octanol–water partition coefficient (Wildman–Crippen LogP) is 3.96. The summed E-state index contributed by atoms with van der Waals surface area (Å²) >= 11 is 0. The Morgan fingerprint density at radius 3 is 2.62 bits per heavy atom. The highest BCUT2D eigenvalue weighted by Crippen LogP contribution is 2.40. The summed E-state index contributed by atoms with van der Waals surface area (Å²) in [4.78, 5) is 47.0. The van der Waals surface area contributed by atoms with Crippen LogP contribution in [0.1, 0.15) is 57.1 Å². The number of likely N-dealkylation sites (N-methyl/N-ethyl adjacent to an activating group) is 1. The monoisotopic (exact) mass is 501 g/mol. The third kappa shape index (κ3) is 5.17. The van der Waals surface area contributed by atoms with Crippen molar-refractivity contribution < 1.29 is 19.5 Å². The van der Waals surface area contributed by atoms with Gasteiger partial charge in [0.05, 0.1) is 16.7 Å². The summed E-state index contributed by atoms with van der Waals surface area (Å²) in [6, 6.07) is 6.97. The molecule has 3 aromatic rings. The highest BCUT2D eigenvalue weighted by atomic mass is 16.4. The van der Waals surface area contributed by atoms with Crippen molar-refractivity contribution in [1.82, 2.24) is 20.2 Å². The Labute approximate surface area is 215 Å². The molecular formula is C28H31N5O4. The Bertz CT molecular complexity index is 1400. The summed E-state index contributed by atoms with van der Waals surface area (Å²) in [5, 5.41) is 15.3. The fourth-order valence-electron chi connectivity index (χ4n) is 4.69. The van der Waals surface area contributed by atoms with E-state index in [1.807, 2.05) is 19.9 Å². The Morgan fingerprint density at radius 1 is 1.16 bits per heavy atom. The van der Waals surface area contributed by atoms with Crippen molar-refractivity contribution in [2.45, 2.75) is 27.7 Å². The van der Waals surface area contributed by atoms with E-state index in [1.54, 1.807) is 24.4 Å². The number of rotatable bonds is 9. The van der Waals surface area contributed by atoms with E-state index < -0.39 is 5.97 Å². The number of carboxylic acid groups (broad SMARTS) is 1.